The highest BCUT2D eigenvalue weighted by molar-refractivity contribution is 9.10. The molecule has 2 aromatic rings. The summed E-state index contributed by atoms with van der Waals surface area (Å²) in [5, 5.41) is 9.23. The van der Waals surface area contributed by atoms with Crippen molar-refractivity contribution < 1.29 is 53.8 Å². The van der Waals surface area contributed by atoms with Gasteiger partial charge in [0.25, 0.3) is 0 Å². The topological polar surface area (TPSA) is 91.8 Å². The molecule has 4 rings (SSSR count). The normalized spacial score (nSPS) is 24.0. The van der Waals surface area contributed by atoms with E-state index in [-0.39, 0.29) is 61.2 Å². The Labute approximate surface area is 244 Å². The van der Waals surface area contributed by atoms with Gasteiger partial charge in [0, 0.05) is 29.0 Å². The van der Waals surface area contributed by atoms with Crippen molar-refractivity contribution in [3.63, 3.8) is 0 Å². The molecule has 2 aliphatic rings. The van der Waals surface area contributed by atoms with E-state index in [9.17, 15) is 53.8 Å². The van der Waals surface area contributed by atoms with Crippen LogP contribution in [0.1, 0.15) is 43.2 Å². The average molecular weight is 688 g/mol. The maximum absolute atomic E-state index is 14.7. The van der Waals surface area contributed by atoms with Crippen LogP contribution >= 0.6 is 15.9 Å². The van der Waals surface area contributed by atoms with Crippen LogP contribution in [0.4, 0.5) is 30.7 Å². The number of benzene rings is 2. The third-order valence-electron chi connectivity index (χ3n) is 8.20. The minimum atomic E-state index is -6.34. The smallest absolute Gasteiger partial charge is 0.435 e. The fourth-order valence-electron chi connectivity index (χ4n) is 5.76. The Morgan fingerprint density at radius 2 is 1.33 bits per heavy atom. The number of carbonyl (C=O) groups is 2. The average Bonchev–Trinajstić information content (AvgIpc) is 3.39. The van der Waals surface area contributed by atoms with E-state index in [0.29, 0.717) is 4.47 Å². The van der Waals surface area contributed by atoms with Crippen LogP contribution in [-0.4, -0.2) is 55.7 Å². The number of halogens is 8. The lowest BCUT2D eigenvalue weighted by Gasteiger charge is -2.33. The standard InChI is InChI=1S/C27H25BrF7NO5S/c28-20-9-11-21(12-10-20)42(40,41)24(13-14-36(15-24)22(37)16-1-3-17(4-2-16)23(38)39)18-5-7-19(8-6-18)25(29,26(30,31)32)27(33,34)35/h5-12,16-17H,1-4,13-15H2,(H,38,39)/t16?,17?,24-/m0/s1. The highest BCUT2D eigenvalue weighted by atomic mass is 79.9. The molecule has 0 aromatic heterocycles. The quantitative estimate of drug-likeness (QED) is 0.349. The maximum atomic E-state index is 14.7. The molecule has 1 N–H and O–H groups in total. The van der Waals surface area contributed by atoms with Crippen molar-refractivity contribution in [2.24, 2.45) is 11.8 Å². The van der Waals surface area contributed by atoms with Gasteiger partial charge in [-0.15, -0.1) is 0 Å². The van der Waals surface area contributed by atoms with Crippen LogP contribution in [0.5, 0.6) is 0 Å². The number of nitrogens with zero attached hydrogens (tertiary/aromatic N) is 1. The van der Waals surface area contributed by atoms with Crippen molar-refractivity contribution >= 4 is 37.6 Å². The molecule has 2 aromatic carbocycles. The lowest BCUT2D eigenvalue weighted by molar-refractivity contribution is -0.348. The predicted molar refractivity (Wildman–Crippen MR) is 139 cm³/mol. The molecule has 0 spiro atoms. The third kappa shape index (κ3) is 5.42. The molecule has 42 heavy (non-hydrogen) atoms. The molecule has 0 radical (unpaired) electrons. The highest BCUT2D eigenvalue weighted by Crippen LogP contribution is 2.54. The van der Waals surface area contributed by atoms with Crippen LogP contribution in [0.2, 0.25) is 0 Å². The van der Waals surface area contributed by atoms with Crippen LogP contribution in [0.3, 0.4) is 0 Å². The largest absolute Gasteiger partial charge is 0.481 e. The van der Waals surface area contributed by atoms with E-state index in [1.807, 2.05) is 0 Å². The van der Waals surface area contributed by atoms with Crippen molar-refractivity contribution in [3.8, 4) is 0 Å². The Morgan fingerprint density at radius 3 is 1.81 bits per heavy atom. The molecule has 1 saturated carbocycles. The van der Waals surface area contributed by atoms with E-state index in [0.717, 1.165) is 12.1 Å². The monoisotopic (exact) mass is 687 g/mol. The molecule has 0 unspecified atom stereocenters. The van der Waals surface area contributed by atoms with Crippen molar-refractivity contribution in [1.29, 1.82) is 0 Å². The fourth-order valence-corrected chi connectivity index (χ4v) is 8.10. The summed E-state index contributed by atoms with van der Waals surface area (Å²) in [5.41, 5.74) is -7.66. The third-order valence-corrected chi connectivity index (χ3v) is 11.2. The van der Waals surface area contributed by atoms with Gasteiger partial charge >= 0.3 is 24.0 Å². The predicted octanol–water partition coefficient (Wildman–Crippen LogP) is 6.53. The van der Waals surface area contributed by atoms with Crippen molar-refractivity contribution in [1.82, 2.24) is 4.90 Å². The van der Waals surface area contributed by atoms with Gasteiger partial charge in [0.15, 0.2) is 9.84 Å². The first kappa shape index (κ1) is 32.2. The number of hydrogen-bond donors (Lipinski definition) is 1. The molecule has 15 heteroatoms. The molecule has 2 fully saturated rings. The zero-order chi connectivity index (χ0) is 31.3. The van der Waals surface area contributed by atoms with Crippen molar-refractivity contribution in [3.05, 3.63) is 64.1 Å². The first-order valence-corrected chi connectivity index (χ1v) is 15.1. The summed E-state index contributed by atoms with van der Waals surface area (Å²) in [7, 11) is -4.42. The zero-order valence-electron chi connectivity index (χ0n) is 21.7. The molecule has 1 heterocycles. The summed E-state index contributed by atoms with van der Waals surface area (Å²) in [5.74, 6) is -2.56. The van der Waals surface area contributed by atoms with Gasteiger partial charge in [-0.3, -0.25) is 9.59 Å². The summed E-state index contributed by atoms with van der Waals surface area (Å²) in [4.78, 5) is 25.7. The molecule has 1 saturated heterocycles. The van der Waals surface area contributed by atoms with E-state index >= 15 is 0 Å². The SMILES string of the molecule is O=C(O)C1CCC(C(=O)N2CC[C@](c3ccc(C(F)(C(F)(F)F)C(F)(F)F)cc3)(S(=O)(=O)c3ccc(Br)cc3)C2)CC1. The van der Waals surface area contributed by atoms with Crippen molar-refractivity contribution in [2.75, 3.05) is 13.1 Å². The number of carboxylic acids is 1. The van der Waals surface area contributed by atoms with Gasteiger partial charge in [0.05, 0.1) is 10.8 Å². The lowest BCUT2D eigenvalue weighted by Crippen LogP contribution is -2.50. The summed E-state index contributed by atoms with van der Waals surface area (Å²) < 4.78 is 121. The molecular weight excluding hydrogens is 663 g/mol. The number of amides is 1. The number of carbonyl (C=O) groups excluding carboxylic acids is 1. The molecular formula is C27H25BrF7NO5S. The second-order valence-electron chi connectivity index (χ2n) is 10.6. The Kier molecular flexibility index (Phi) is 8.53. The van der Waals surface area contributed by atoms with Gasteiger partial charge in [-0.05, 0) is 61.9 Å². The fraction of sp³-hybridized carbons (Fsp3) is 0.481. The minimum absolute atomic E-state index is 0.0899. The second-order valence-corrected chi connectivity index (χ2v) is 13.8. The number of rotatable bonds is 6. The lowest BCUT2D eigenvalue weighted by atomic mass is 9.81. The molecule has 0 bridgehead atoms. The van der Waals surface area contributed by atoms with Gasteiger partial charge in [0.1, 0.15) is 4.75 Å². The molecule has 1 aliphatic carbocycles. The van der Waals surface area contributed by atoms with E-state index in [2.05, 4.69) is 15.9 Å². The van der Waals surface area contributed by atoms with Crippen LogP contribution in [0, 0.1) is 11.8 Å². The van der Waals surface area contributed by atoms with Gasteiger partial charge in [-0.2, -0.15) is 26.3 Å². The van der Waals surface area contributed by atoms with Crippen LogP contribution in [0.15, 0.2) is 57.9 Å². The number of likely N-dealkylation sites (tertiary alicyclic amines) is 1. The summed E-state index contributed by atoms with van der Waals surface area (Å²) in [6.45, 7) is -0.547. The Morgan fingerprint density at radius 1 is 0.833 bits per heavy atom. The van der Waals surface area contributed by atoms with Gasteiger partial charge in [-0.25, -0.2) is 12.8 Å². The molecule has 1 aliphatic heterocycles. The number of carboxylic acid groups (broad SMARTS) is 1. The summed E-state index contributed by atoms with van der Waals surface area (Å²) in [6.07, 6.45) is -11.9. The summed E-state index contributed by atoms with van der Waals surface area (Å²) >= 11 is 3.19. The van der Waals surface area contributed by atoms with Crippen LogP contribution in [0.25, 0.3) is 0 Å². The number of aliphatic carboxylic acids is 1. The minimum Gasteiger partial charge on any atom is -0.481 e. The van der Waals surface area contributed by atoms with E-state index in [4.69, 9.17) is 0 Å². The summed E-state index contributed by atoms with van der Waals surface area (Å²) in [6, 6.07) is 7.41. The highest BCUT2D eigenvalue weighted by Gasteiger charge is 2.73. The van der Waals surface area contributed by atoms with E-state index in [1.165, 1.54) is 29.2 Å². The van der Waals surface area contributed by atoms with Crippen LogP contribution < -0.4 is 0 Å². The molecule has 1 amide bonds. The van der Waals surface area contributed by atoms with E-state index in [1.54, 1.807) is 0 Å². The Hall–Kier alpha value is -2.68. The molecule has 6 nitrogen and oxygen atoms in total. The van der Waals surface area contributed by atoms with Crippen LogP contribution in [-0.2, 0) is 29.8 Å². The number of alkyl halides is 7. The Balaban J connectivity index is 1.74. The van der Waals surface area contributed by atoms with Gasteiger partial charge < -0.3 is 10.0 Å². The number of hydrogen-bond acceptors (Lipinski definition) is 4. The zero-order valence-corrected chi connectivity index (χ0v) is 24.1. The maximum Gasteiger partial charge on any atom is 0.435 e. The first-order chi connectivity index (χ1) is 19.3. The first-order valence-electron chi connectivity index (χ1n) is 12.8. The number of sulfone groups is 1. The van der Waals surface area contributed by atoms with Crippen molar-refractivity contribution in [2.45, 2.75) is 59.8 Å². The van der Waals surface area contributed by atoms with Gasteiger partial charge in [-0.1, -0.05) is 40.2 Å². The second kappa shape index (κ2) is 11.1. The molecule has 230 valence electrons. The van der Waals surface area contributed by atoms with E-state index < -0.39 is 68.4 Å². The van der Waals surface area contributed by atoms with Gasteiger partial charge in [0.2, 0.25) is 5.91 Å². The molecule has 1 atom stereocenters. The Bertz CT molecular complexity index is 1420.